The third-order valence-corrected chi connectivity index (χ3v) is 12.3. The number of fused-ring (bicyclic) bond motifs is 6. The van der Waals surface area contributed by atoms with Gasteiger partial charge in [-0.15, -0.1) is 6.42 Å². The number of piperazine rings is 1. The molecular formula is C41H43F4N7O3. The number of hydrogen-bond donors (Lipinski definition) is 1. The van der Waals surface area contributed by atoms with E-state index < -0.39 is 23.0 Å². The van der Waals surface area contributed by atoms with Crippen LogP contribution in [0.1, 0.15) is 37.7 Å². The first-order valence-electron chi connectivity index (χ1n) is 18.8. The lowest BCUT2D eigenvalue weighted by Gasteiger charge is -2.49. The molecule has 55 heavy (non-hydrogen) atoms. The molecule has 2 saturated carbocycles. The Morgan fingerprint density at radius 2 is 1.76 bits per heavy atom. The molecular weight excluding hydrogens is 714 g/mol. The molecule has 10 nitrogen and oxygen atoms in total. The van der Waals surface area contributed by atoms with Crippen LogP contribution in [0.25, 0.3) is 43.7 Å². The first-order valence-corrected chi connectivity index (χ1v) is 18.8. The van der Waals surface area contributed by atoms with Gasteiger partial charge >= 0.3 is 6.01 Å². The molecule has 2 saturated heterocycles. The van der Waals surface area contributed by atoms with Crippen LogP contribution in [0.2, 0.25) is 0 Å². The number of rotatable bonds is 10. The summed E-state index contributed by atoms with van der Waals surface area (Å²) >= 11 is 0. The average molecular weight is 758 g/mol. The largest absolute Gasteiger partial charge is 0.508 e. The number of terminal acetylenes is 1. The maximum Gasteiger partial charge on any atom is 0.319 e. The molecule has 2 aliphatic carbocycles. The van der Waals surface area contributed by atoms with Crippen LogP contribution in [0.15, 0.2) is 30.5 Å². The Morgan fingerprint density at radius 1 is 1.04 bits per heavy atom. The molecule has 288 valence electrons. The Kier molecular flexibility index (Phi) is 8.45. The molecule has 0 amide bonds. The van der Waals surface area contributed by atoms with Crippen molar-refractivity contribution in [3.8, 4) is 35.2 Å². The normalized spacial score (nSPS) is 25.9. The zero-order valence-corrected chi connectivity index (χ0v) is 31.3. The van der Waals surface area contributed by atoms with Gasteiger partial charge in [0.05, 0.1) is 16.4 Å². The van der Waals surface area contributed by atoms with E-state index in [9.17, 15) is 13.9 Å². The number of hydrogen-bond acceptors (Lipinski definition) is 9. The molecule has 0 unspecified atom stereocenters. The maximum absolute atomic E-state index is 17.7. The second kappa shape index (κ2) is 12.9. The van der Waals surface area contributed by atoms with Gasteiger partial charge in [-0.05, 0) is 74.8 Å². The molecule has 4 aliphatic rings. The standard InChI is InChI=1S/C41H43F4N7O3/c1-6-28-31(42)10-7-23-13-27(53)14-29(32(23)28)33-35(43)37-34(30-17-50(4)48-36(30)33)38(47-39(46-37)55-21-40(20-49(2)3)19-41(40,44)45)52-24-8-9-25(52)16-51(15-24)26-11-22(12-26)18-54-5/h1,7,10,13-14,17,22,24-26,53H,8-9,11-12,15-16,18-21H2,2-5H3/t22?,24-,25+,26?,40-/m1/s1. The van der Waals surface area contributed by atoms with Crippen molar-refractivity contribution in [3.63, 3.8) is 0 Å². The van der Waals surface area contributed by atoms with Gasteiger partial charge in [-0.25, -0.2) is 17.6 Å². The number of aryl methyl sites for hydroxylation is 1. The number of benzene rings is 3. The number of phenolic OH excluding ortho intramolecular Hbond substituents is 1. The molecule has 4 fully saturated rings. The molecule has 2 bridgehead atoms. The fraction of sp³-hybridized carbons (Fsp3) is 0.488. The minimum absolute atomic E-state index is 0.0390. The van der Waals surface area contributed by atoms with Crippen molar-refractivity contribution in [2.75, 3.05) is 59.0 Å². The molecule has 2 aliphatic heterocycles. The highest BCUT2D eigenvalue weighted by atomic mass is 19.3. The molecule has 9 rings (SSSR count). The van der Waals surface area contributed by atoms with Gasteiger partial charge in [-0.1, -0.05) is 12.0 Å². The Bertz CT molecular complexity index is 2390. The van der Waals surface area contributed by atoms with Crippen LogP contribution in [-0.4, -0.2) is 113 Å². The zero-order valence-electron chi connectivity index (χ0n) is 31.3. The van der Waals surface area contributed by atoms with Gasteiger partial charge in [0.15, 0.2) is 5.82 Å². The number of aromatic hydroxyl groups is 1. The number of phenols is 1. The molecule has 0 spiro atoms. The van der Waals surface area contributed by atoms with Gasteiger partial charge in [0.2, 0.25) is 0 Å². The number of halogens is 4. The van der Waals surface area contributed by atoms with Crippen molar-refractivity contribution in [1.29, 1.82) is 0 Å². The predicted octanol–water partition coefficient (Wildman–Crippen LogP) is 6.35. The van der Waals surface area contributed by atoms with Gasteiger partial charge in [-0.2, -0.15) is 15.1 Å². The molecule has 0 radical (unpaired) electrons. The minimum Gasteiger partial charge on any atom is -0.508 e. The van der Waals surface area contributed by atoms with E-state index in [2.05, 4.69) is 20.7 Å². The molecule has 14 heteroatoms. The highest BCUT2D eigenvalue weighted by molar-refractivity contribution is 6.18. The summed E-state index contributed by atoms with van der Waals surface area (Å²) in [6.07, 6.45) is 11.2. The highest BCUT2D eigenvalue weighted by Gasteiger charge is 2.71. The van der Waals surface area contributed by atoms with E-state index in [4.69, 9.17) is 26.0 Å². The van der Waals surface area contributed by atoms with Crippen LogP contribution < -0.4 is 9.64 Å². The second-order valence-electron chi connectivity index (χ2n) is 16.3. The fourth-order valence-corrected chi connectivity index (χ4v) is 9.69. The second-order valence-corrected chi connectivity index (χ2v) is 16.3. The van der Waals surface area contributed by atoms with Crippen molar-refractivity contribution < 1.29 is 32.1 Å². The van der Waals surface area contributed by atoms with Gasteiger partial charge in [-0.3, -0.25) is 9.58 Å². The van der Waals surface area contributed by atoms with E-state index in [0.29, 0.717) is 33.9 Å². The fourth-order valence-electron chi connectivity index (χ4n) is 9.69. The summed E-state index contributed by atoms with van der Waals surface area (Å²) in [6, 6.07) is 5.85. The number of alkyl halides is 2. The van der Waals surface area contributed by atoms with Crippen LogP contribution in [0.5, 0.6) is 11.8 Å². The quantitative estimate of drug-likeness (QED) is 0.129. The van der Waals surface area contributed by atoms with Crippen molar-refractivity contribution in [1.82, 2.24) is 29.5 Å². The predicted molar refractivity (Wildman–Crippen MR) is 202 cm³/mol. The highest BCUT2D eigenvalue weighted by Crippen LogP contribution is 2.61. The Balaban J connectivity index is 1.23. The maximum atomic E-state index is 17.7. The van der Waals surface area contributed by atoms with Crippen molar-refractivity contribution in [2.45, 2.75) is 56.2 Å². The lowest BCUT2D eigenvalue weighted by atomic mass is 9.79. The number of nitrogens with zero attached hydrogens (tertiary/aromatic N) is 7. The first kappa shape index (κ1) is 36.0. The van der Waals surface area contributed by atoms with E-state index in [1.165, 1.54) is 24.3 Å². The Morgan fingerprint density at radius 3 is 2.42 bits per heavy atom. The summed E-state index contributed by atoms with van der Waals surface area (Å²) in [6.45, 7) is 2.08. The lowest BCUT2D eigenvalue weighted by Crippen LogP contribution is -2.59. The summed E-state index contributed by atoms with van der Waals surface area (Å²) < 4.78 is 75.8. The topological polar surface area (TPSA) is 92.0 Å². The molecule has 3 aromatic carbocycles. The van der Waals surface area contributed by atoms with Gasteiger partial charge in [0.25, 0.3) is 5.92 Å². The minimum atomic E-state index is -2.93. The van der Waals surface area contributed by atoms with Gasteiger partial charge in [0, 0.05) is 87.5 Å². The van der Waals surface area contributed by atoms with E-state index >= 15 is 8.78 Å². The van der Waals surface area contributed by atoms with Crippen LogP contribution in [0, 0.1) is 35.3 Å². The zero-order chi connectivity index (χ0) is 38.6. The van der Waals surface area contributed by atoms with Crippen LogP contribution in [0.3, 0.4) is 0 Å². The molecule has 3 atom stereocenters. The number of likely N-dealkylation sites (tertiary alicyclic amines) is 1. The number of aromatic nitrogens is 4. The Hall–Kier alpha value is -4.71. The van der Waals surface area contributed by atoms with Crippen molar-refractivity contribution >= 4 is 38.4 Å². The summed E-state index contributed by atoms with van der Waals surface area (Å²) in [5.74, 6) is -1.17. The molecule has 1 N–H and O–H groups in total. The molecule has 2 aromatic heterocycles. The number of ether oxygens (including phenoxy) is 2. The smallest absolute Gasteiger partial charge is 0.319 e. The van der Waals surface area contributed by atoms with E-state index in [1.807, 2.05) is 0 Å². The summed E-state index contributed by atoms with van der Waals surface area (Å²) in [4.78, 5) is 16.1. The summed E-state index contributed by atoms with van der Waals surface area (Å²) in [5, 5.41) is 17.2. The van der Waals surface area contributed by atoms with Crippen LogP contribution in [0.4, 0.5) is 23.4 Å². The molecule has 4 heterocycles. The summed E-state index contributed by atoms with van der Waals surface area (Å²) in [5.41, 5.74) is -1.28. The van der Waals surface area contributed by atoms with E-state index in [-0.39, 0.29) is 76.5 Å². The average Bonchev–Trinajstić information content (AvgIpc) is 3.30. The van der Waals surface area contributed by atoms with E-state index in [1.54, 1.807) is 44.0 Å². The van der Waals surface area contributed by atoms with E-state index in [0.717, 1.165) is 45.4 Å². The van der Waals surface area contributed by atoms with Crippen molar-refractivity contribution in [3.05, 3.63) is 47.7 Å². The number of anilines is 1. The SMILES string of the molecule is C#Cc1c(F)ccc2cc(O)cc(-c3c(F)c4nc(OC[C@]5(CN(C)C)CC5(F)F)nc(N5[C@@H]6CC[C@H]5CN(C5CC(COC)C5)C6)c4c4cn(C)nc34)c12. The van der Waals surface area contributed by atoms with Crippen molar-refractivity contribution in [2.24, 2.45) is 18.4 Å². The molecule has 5 aromatic rings. The number of methoxy groups -OCH3 is 1. The Labute approximate surface area is 316 Å². The lowest BCUT2D eigenvalue weighted by molar-refractivity contribution is 0.0198. The first-order chi connectivity index (χ1) is 26.3. The van der Waals surface area contributed by atoms with Gasteiger partial charge in [0.1, 0.15) is 35.0 Å². The van der Waals surface area contributed by atoms with Crippen LogP contribution in [-0.2, 0) is 11.8 Å². The third-order valence-electron chi connectivity index (χ3n) is 12.3. The van der Waals surface area contributed by atoms with Crippen LogP contribution >= 0.6 is 0 Å². The monoisotopic (exact) mass is 757 g/mol. The summed E-state index contributed by atoms with van der Waals surface area (Å²) in [7, 11) is 6.92. The van der Waals surface area contributed by atoms with Gasteiger partial charge < -0.3 is 24.4 Å². The third kappa shape index (κ3) is 5.76.